The Bertz CT molecular complexity index is 2220. The van der Waals surface area contributed by atoms with Crippen LogP contribution in [-0.2, 0) is 33.6 Å². The van der Waals surface area contributed by atoms with Crippen LogP contribution in [0.5, 0.6) is 0 Å². The molecular weight excluding hydrogens is 701 g/mol. The zero-order valence-electron chi connectivity index (χ0n) is 31.9. The maximum atomic E-state index is 11.6. The lowest BCUT2D eigenvalue weighted by Crippen LogP contribution is -2.27. The molecule has 0 saturated carbocycles. The molecule has 8 heteroatoms. The monoisotopic (exact) mass is 750 g/mol. The predicted octanol–water partition coefficient (Wildman–Crippen LogP) is 9.08. The number of halogens is 2. The van der Waals surface area contributed by atoms with E-state index in [0.717, 1.165) is 104 Å². The van der Waals surface area contributed by atoms with Crippen LogP contribution in [0.2, 0.25) is 10.0 Å². The number of fused-ring (bicyclic) bond motifs is 6. The normalized spacial score (nSPS) is 22.2. The van der Waals surface area contributed by atoms with E-state index in [1.54, 1.807) is 0 Å². The van der Waals surface area contributed by atoms with Crippen molar-refractivity contribution in [3.8, 4) is 0 Å². The first kappa shape index (κ1) is 35.9. The molecule has 0 fully saturated rings. The molecule has 6 aliphatic carbocycles. The van der Waals surface area contributed by atoms with Gasteiger partial charge in [0.25, 0.3) is 0 Å². The summed E-state index contributed by atoms with van der Waals surface area (Å²) in [7, 11) is 0. The molecule has 276 valence electrons. The van der Waals surface area contributed by atoms with E-state index in [9.17, 15) is 14.4 Å². The predicted molar refractivity (Wildman–Crippen MR) is 215 cm³/mol. The molecule has 3 atom stereocenters. The molecule has 0 aromatic heterocycles. The van der Waals surface area contributed by atoms with E-state index in [1.165, 1.54) is 66.8 Å². The number of hydrogen-bond acceptors (Lipinski definition) is 3. The molecule has 0 heterocycles. The largest absolute Gasteiger partial charge is 0.369 e. The van der Waals surface area contributed by atoms with Gasteiger partial charge in [0.2, 0.25) is 17.7 Å². The quantitative estimate of drug-likeness (QED) is 0.247. The van der Waals surface area contributed by atoms with Crippen LogP contribution >= 0.6 is 23.2 Å². The van der Waals surface area contributed by atoms with Gasteiger partial charge in [-0.3, -0.25) is 14.4 Å². The minimum absolute atomic E-state index is 0.0692. The number of rotatable bonds is 3. The zero-order valence-corrected chi connectivity index (χ0v) is 32.4. The molecule has 3 aromatic rings. The Balaban J connectivity index is 0.000000125. The minimum Gasteiger partial charge on any atom is -0.369 e. The third-order valence-electron chi connectivity index (χ3n) is 12.3. The average Bonchev–Trinajstić information content (AvgIpc) is 3.82. The van der Waals surface area contributed by atoms with Crippen LogP contribution < -0.4 is 17.2 Å². The second kappa shape index (κ2) is 14.9. The molecule has 6 N–H and O–H groups in total. The molecule has 0 saturated heterocycles. The Labute approximate surface area is 324 Å². The van der Waals surface area contributed by atoms with E-state index in [2.05, 4.69) is 25.1 Å². The van der Waals surface area contributed by atoms with E-state index in [1.807, 2.05) is 32.0 Å². The topological polar surface area (TPSA) is 129 Å². The van der Waals surface area contributed by atoms with Crippen molar-refractivity contribution < 1.29 is 15.8 Å². The summed E-state index contributed by atoms with van der Waals surface area (Å²) in [5, 5.41) is 1.59. The first-order chi connectivity index (χ1) is 25.7. The van der Waals surface area contributed by atoms with Crippen LogP contribution in [-0.4, -0.2) is 17.7 Å². The van der Waals surface area contributed by atoms with Crippen LogP contribution in [0.15, 0.2) is 59.2 Å². The molecule has 0 aliphatic heterocycles. The van der Waals surface area contributed by atoms with Crippen LogP contribution in [0, 0.1) is 38.5 Å². The van der Waals surface area contributed by atoms with Gasteiger partial charge in [-0.1, -0.05) is 53.0 Å². The first-order valence-corrected chi connectivity index (χ1v) is 19.7. The summed E-state index contributed by atoms with van der Waals surface area (Å²) >= 11 is 12.4. The fourth-order valence-corrected chi connectivity index (χ4v) is 10.1. The lowest BCUT2D eigenvalue weighted by Gasteiger charge is -2.22. The van der Waals surface area contributed by atoms with Crippen molar-refractivity contribution in [2.45, 2.75) is 97.8 Å². The number of nitrogens with two attached hydrogens (primary N) is 3. The molecule has 3 amide bonds. The van der Waals surface area contributed by atoms with Gasteiger partial charge >= 0.3 is 0 Å². The van der Waals surface area contributed by atoms with Gasteiger partial charge in [-0.05, 0) is 194 Å². The molecule has 0 spiro atoms. The van der Waals surface area contributed by atoms with Crippen molar-refractivity contribution in [3.63, 3.8) is 0 Å². The zero-order chi connectivity index (χ0) is 38.6. The number of hydrogen-bond donors (Lipinski definition) is 3. The van der Waals surface area contributed by atoms with Gasteiger partial charge in [0, 0.05) is 10.0 Å². The van der Waals surface area contributed by atoms with Crippen molar-refractivity contribution in [2.24, 2.45) is 35.0 Å². The van der Waals surface area contributed by atoms with Gasteiger partial charge < -0.3 is 17.2 Å². The summed E-state index contributed by atoms with van der Waals surface area (Å²) in [6, 6.07) is 13.0. The summed E-state index contributed by atoms with van der Waals surface area (Å²) in [6.07, 6.45) is 11.4. The van der Waals surface area contributed by atoms with Crippen molar-refractivity contribution in [1.82, 2.24) is 0 Å². The number of amides is 3. The lowest BCUT2D eigenvalue weighted by molar-refractivity contribution is -0.121. The first-order valence-electron chi connectivity index (χ1n) is 19.5. The van der Waals surface area contributed by atoms with E-state index in [4.69, 9.17) is 41.8 Å². The Morgan fingerprint density at radius 3 is 1.70 bits per heavy atom. The smallest absolute Gasteiger partial charge is 0.224 e. The Hall–Kier alpha value is -4.13. The van der Waals surface area contributed by atoms with Crippen LogP contribution in [0.1, 0.15) is 109 Å². The van der Waals surface area contributed by atoms with Gasteiger partial charge in [-0.15, -0.1) is 0 Å². The second-order valence-corrected chi connectivity index (χ2v) is 16.5. The SMILES string of the molecule is Cc1cc(Cl)cc2c1CC1=C2CCCC1C(N)=O.Cc1cc2c(cc1Cl)C1=C(C2)C(C(N)=O)CCC1.[2H]c1c(C)ccc2c1C1=C(C2)C(C(N)=O)CCC1. The van der Waals surface area contributed by atoms with E-state index in [-0.39, 0.29) is 35.5 Å². The van der Waals surface area contributed by atoms with Gasteiger partial charge in [-0.25, -0.2) is 0 Å². The van der Waals surface area contributed by atoms with Crippen molar-refractivity contribution >= 4 is 57.6 Å². The molecule has 3 unspecified atom stereocenters. The molecule has 6 nitrogen and oxygen atoms in total. The summed E-state index contributed by atoms with van der Waals surface area (Å²) in [5.74, 6) is -0.824. The maximum absolute atomic E-state index is 11.6. The summed E-state index contributed by atoms with van der Waals surface area (Å²) in [6.45, 7) is 6.07. The molecule has 0 bridgehead atoms. The highest BCUT2D eigenvalue weighted by Gasteiger charge is 2.35. The molecule has 6 aliphatic rings. The molecule has 0 radical (unpaired) electrons. The van der Waals surface area contributed by atoms with Crippen molar-refractivity contribution in [1.29, 1.82) is 0 Å². The van der Waals surface area contributed by atoms with Gasteiger partial charge in [-0.2, -0.15) is 0 Å². The molecule has 9 rings (SSSR count). The molecule has 53 heavy (non-hydrogen) atoms. The minimum atomic E-state index is -0.210. The van der Waals surface area contributed by atoms with Gasteiger partial charge in [0.1, 0.15) is 0 Å². The molecular formula is C45H49Cl2N3O3. The number of benzene rings is 3. The third kappa shape index (κ3) is 7.13. The second-order valence-electron chi connectivity index (χ2n) is 15.6. The molecule has 3 aromatic carbocycles. The highest BCUT2D eigenvalue weighted by atomic mass is 35.5. The Kier molecular flexibility index (Phi) is 10.1. The Morgan fingerprint density at radius 2 is 1.13 bits per heavy atom. The fourth-order valence-electron chi connectivity index (χ4n) is 9.71. The standard InChI is InChI=1S/2C15H16ClNO.C15H17NO/c1-8-5-9-6-13-10(12(9)7-14(8)16)3-2-4-11(13)15(17)18;1-8-5-9(16)6-13-10-3-2-4-11(15(17)18)14(10)7-12(8)13;1-9-5-6-10-8-14-11(13(10)7-9)3-2-4-12(14)15(16)17/h5,7,11H,2-4,6H2,1H3,(H2,17,18);5-6,11H,2-4,7H2,1H3,(H2,17,18);5-7,12H,2-4,8H2,1H3,(H2,16,17)/i;;7D. The van der Waals surface area contributed by atoms with E-state index in [0.29, 0.717) is 6.04 Å². The number of primary amides is 3. The van der Waals surface area contributed by atoms with Crippen LogP contribution in [0.3, 0.4) is 0 Å². The highest BCUT2D eigenvalue weighted by molar-refractivity contribution is 6.31. The summed E-state index contributed by atoms with van der Waals surface area (Å²) in [4.78, 5) is 34.6. The van der Waals surface area contributed by atoms with E-state index < -0.39 is 0 Å². The average molecular weight is 752 g/mol. The third-order valence-corrected chi connectivity index (χ3v) is 12.9. The Morgan fingerprint density at radius 1 is 0.623 bits per heavy atom. The van der Waals surface area contributed by atoms with Crippen LogP contribution in [0.4, 0.5) is 0 Å². The highest BCUT2D eigenvalue weighted by Crippen LogP contribution is 2.48. The van der Waals surface area contributed by atoms with Crippen LogP contribution in [0.25, 0.3) is 16.7 Å². The maximum Gasteiger partial charge on any atom is 0.224 e. The fraction of sp³-hybridized carbons (Fsp3) is 0.400. The van der Waals surface area contributed by atoms with Gasteiger partial charge in [0.15, 0.2) is 0 Å². The van der Waals surface area contributed by atoms with E-state index >= 15 is 0 Å². The summed E-state index contributed by atoms with van der Waals surface area (Å²) < 4.78 is 8.22. The number of allylic oxidation sites excluding steroid dienone is 3. The summed E-state index contributed by atoms with van der Waals surface area (Å²) in [5.41, 5.74) is 34.8. The van der Waals surface area contributed by atoms with Crippen molar-refractivity contribution in [3.05, 3.63) is 119 Å². The van der Waals surface area contributed by atoms with Crippen molar-refractivity contribution in [2.75, 3.05) is 0 Å². The number of carbonyl (C=O) groups excluding carboxylic acids is 3. The lowest BCUT2D eigenvalue weighted by atomic mass is 9.82. The number of carbonyl (C=O) groups is 3. The van der Waals surface area contributed by atoms with Gasteiger partial charge in [0.05, 0.1) is 19.1 Å². The number of aryl methyl sites for hydroxylation is 3.